The first-order valence-electron chi connectivity index (χ1n) is 14.2. The first kappa shape index (κ1) is 18.5. The molecule has 7 nitrogen and oxygen atoms in total. The summed E-state index contributed by atoms with van der Waals surface area (Å²) >= 11 is 0. The normalized spacial score (nSPS) is 36.7. The molecule has 2 saturated carbocycles. The fourth-order valence-electron chi connectivity index (χ4n) is 7.50. The molecule has 1 aromatic heterocycles. The largest absolute Gasteiger partial charge is 0.504 e. The van der Waals surface area contributed by atoms with E-state index in [1.807, 2.05) is 6.07 Å². The van der Waals surface area contributed by atoms with Crippen molar-refractivity contribution in [3.05, 3.63) is 53.5 Å². The maximum atomic E-state index is 13.5. The van der Waals surface area contributed by atoms with Gasteiger partial charge in [-0.1, -0.05) is 6.07 Å². The first-order valence-corrected chi connectivity index (χ1v) is 12.7. The molecule has 5 aliphatic rings. The number of ether oxygens (including phenoxy) is 1. The number of carbonyl (C=O) groups excluding carboxylic acids is 1. The molecule has 3 heterocycles. The van der Waals surface area contributed by atoms with Gasteiger partial charge in [-0.25, -0.2) is 0 Å². The zero-order valence-corrected chi connectivity index (χ0v) is 19.5. The van der Waals surface area contributed by atoms with Gasteiger partial charge >= 0.3 is 0 Å². The molecule has 0 radical (unpaired) electrons. The molecular formula is C28H32N2O5. The number of phenolic OH excluding ortho intramolecular Hbond substituents is 1. The van der Waals surface area contributed by atoms with E-state index in [1.165, 1.54) is 37.5 Å². The van der Waals surface area contributed by atoms with Gasteiger partial charge in [0.1, 0.15) is 6.10 Å². The maximum absolute atomic E-state index is 13.5. The second kappa shape index (κ2) is 7.37. The van der Waals surface area contributed by atoms with Crippen LogP contribution < -0.4 is 4.74 Å². The zero-order valence-electron chi connectivity index (χ0n) is 22.5. The fourth-order valence-corrected chi connectivity index (χ4v) is 7.50. The van der Waals surface area contributed by atoms with Crippen molar-refractivity contribution >= 4 is 12.0 Å². The van der Waals surface area contributed by atoms with E-state index in [9.17, 15) is 15.0 Å². The molecule has 1 amide bonds. The monoisotopic (exact) mass is 479 g/mol. The summed E-state index contributed by atoms with van der Waals surface area (Å²) in [5.74, 6) is 0.334. The third kappa shape index (κ3) is 2.88. The summed E-state index contributed by atoms with van der Waals surface area (Å²) in [6.45, 7) is -1.01. The van der Waals surface area contributed by atoms with Crippen LogP contribution in [0.1, 0.15) is 52.9 Å². The molecule has 2 aliphatic heterocycles. The van der Waals surface area contributed by atoms with Crippen molar-refractivity contribution in [1.29, 1.82) is 0 Å². The van der Waals surface area contributed by atoms with Crippen molar-refractivity contribution in [3.8, 4) is 11.5 Å². The zero-order chi connectivity index (χ0) is 26.4. The number of amides is 1. The lowest BCUT2D eigenvalue weighted by Crippen LogP contribution is -2.78. The molecule has 0 unspecified atom stereocenters. The second-order valence-corrected chi connectivity index (χ2v) is 11.0. The number of nitrogens with zero attached hydrogens (tertiary/aromatic N) is 2. The molecule has 35 heavy (non-hydrogen) atoms. The van der Waals surface area contributed by atoms with Crippen LogP contribution in [0.2, 0.25) is 0 Å². The highest BCUT2D eigenvalue weighted by atomic mass is 16.5. The number of aromatic hydroxyl groups is 1. The van der Waals surface area contributed by atoms with Gasteiger partial charge in [-0.15, -0.1) is 0 Å². The van der Waals surface area contributed by atoms with Crippen LogP contribution in [-0.2, 0) is 16.6 Å². The molecule has 1 saturated heterocycles. The van der Waals surface area contributed by atoms with Crippen LogP contribution in [0.4, 0.5) is 0 Å². The van der Waals surface area contributed by atoms with Crippen molar-refractivity contribution in [2.24, 2.45) is 5.92 Å². The lowest BCUT2D eigenvalue weighted by molar-refractivity contribution is -0.200. The molecular weight excluding hydrogens is 444 g/mol. The number of hydrogen-bond donors (Lipinski definition) is 2. The average Bonchev–Trinajstić information content (AvgIpc) is 3.37. The molecule has 7 rings (SSSR count). The molecule has 2 aromatic rings. The summed E-state index contributed by atoms with van der Waals surface area (Å²) in [5.41, 5.74) is 0.438. The number of piperidine rings is 1. The van der Waals surface area contributed by atoms with Gasteiger partial charge in [-0.2, -0.15) is 0 Å². The SMILES string of the molecule is [2H]C([2H])([2H])N(C(=O)/C=C/c1ccoc1)[C@H]1CC[C@@]2(O)[C@H]3Cc4ccc(O)c5c4[C@@]2(CCN3CC2CC2)[C@H]1O5. The van der Waals surface area contributed by atoms with Gasteiger partial charge in [0, 0.05) is 40.9 Å². The number of carbonyl (C=O) groups is 1. The quantitative estimate of drug-likeness (QED) is 0.641. The van der Waals surface area contributed by atoms with Crippen LogP contribution in [0.5, 0.6) is 11.5 Å². The second-order valence-electron chi connectivity index (χ2n) is 11.0. The Labute approximate surface area is 209 Å². The van der Waals surface area contributed by atoms with Gasteiger partial charge in [0.25, 0.3) is 0 Å². The summed E-state index contributed by atoms with van der Waals surface area (Å²) in [6, 6.07) is 4.30. The summed E-state index contributed by atoms with van der Waals surface area (Å²) in [5, 5.41) is 23.4. The minimum absolute atomic E-state index is 0.0147. The Bertz CT molecular complexity index is 1310. The Morgan fingerprint density at radius 1 is 1.31 bits per heavy atom. The van der Waals surface area contributed by atoms with Crippen LogP contribution in [0.3, 0.4) is 0 Å². The summed E-state index contributed by atoms with van der Waals surface area (Å²) < 4.78 is 36.5. The molecule has 2 N–H and O–H groups in total. The Morgan fingerprint density at radius 3 is 2.97 bits per heavy atom. The maximum Gasteiger partial charge on any atom is 0.246 e. The van der Waals surface area contributed by atoms with Gasteiger partial charge in [-0.05, 0) is 74.8 Å². The van der Waals surface area contributed by atoms with E-state index >= 15 is 0 Å². The molecule has 5 atom stereocenters. The van der Waals surface area contributed by atoms with E-state index in [4.69, 9.17) is 13.3 Å². The van der Waals surface area contributed by atoms with E-state index in [2.05, 4.69) is 4.90 Å². The van der Waals surface area contributed by atoms with E-state index in [1.54, 1.807) is 12.1 Å². The molecule has 3 fully saturated rings. The fraction of sp³-hybridized carbons (Fsp3) is 0.536. The molecule has 1 spiro atoms. The third-order valence-corrected chi connectivity index (χ3v) is 9.26. The van der Waals surface area contributed by atoms with E-state index in [0.29, 0.717) is 36.5 Å². The van der Waals surface area contributed by atoms with Crippen molar-refractivity contribution in [2.45, 2.75) is 67.7 Å². The van der Waals surface area contributed by atoms with Crippen molar-refractivity contribution in [1.82, 2.24) is 9.80 Å². The Morgan fingerprint density at radius 2 is 2.20 bits per heavy atom. The molecule has 2 bridgehead atoms. The highest BCUT2D eigenvalue weighted by Gasteiger charge is 2.73. The number of phenols is 1. The van der Waals surface area contributed by atoms with Crippen LogP contribution >= 0.6 is 0 Å². The first-order chi connectivity index (χ1) is 18.1. The number of furan rings is 1. The van der Waals surface area contributed by atoms with Gasteiger partial charge in [0.2, 0.25) is 5.91 Å². The summed E-state index contributed by atoms with van der Waals surface area (Å²) in [4.78, 5) is 16.9. The number of likely N-dealkylation sites (tertiary alicyclic amines) is 1. The van der Waals surface area contributed by atoms with Crippen LogP contribution in [0.25, 0.3) is 6.08 Å². The molecule has 184 valence electrons. The standard InChI is InChI=1S/C28H32N2O5/c1-29(23(32)7-4-18-9-13-34-16-18)20-8-10-28(33)22-14-19-5-6-21(31)25-24(19)27(28,26(20)35-25)11-12-30(22)15-17-2-3-17/h4-7,9,13,16-17,20,22,26,31,33H,2-3,8,10-12,14-15H2,1H3/b7-4+/t20-,22+,26-,27-,28+/m0/s1/i1D3. The van der Waals surface area contributed by atoms with E-state index in [0.717, 1.165) is 29.1 Å². The van der Waals surface area contributed by atoms with E-state index in [-0.39, 0.29) is 18.2 Å². The number of aliphatic hydroxyl groups is 1. The van der Waals surface area contributed by atoms with Crippen molar-refractivity contribution in [2.75, 3.05) is 20.1 Å². The lowest BCUT2D eigenvalue weighted by Gasteiger charge is -2.64. The summed E-state index contributed by atoms with van der Waals surface area (Å²) in [6.07, 6.45) is 9.25. The Hall–Kier alpha value is -2.77. The number of hydrogen-bond acceptors (Lipinski definition) is 6. The van der Waals surface area contributed by atoms with Crippen molar-refractivity contribution in [3.63, 3.8) is 0 Å². The van der Waals surface area contributed by atoms with Gasteiger partial charge in [0.05, 0.1) is 29.6 Å². The smallest absolute Gasteiger partial charge is 0.246 e. The lowest BCUT2D eigenvalue weighted by atomic mass is 9.48. The van der Waals surface area contributed by atoms with Gasteiger partial charge < -0.3 is 24.3 Å². The number of benzene rings is 1. The van der Waals surface area contributed by atoms with Crippen molar-refractivity contribution < 1.29 is 28.3 Å². The van der Waals surface area contributed by atoms with E-state index < -0.39 is 36.0 Å². The predicted octanol–water partition coefficient (Wildman–Crippen LogP) is 3.09. The minimum Gasteiger partial charge on any atom is -0.504 e. The predicted molar refractivity (Wildman–Crippen MR) is 129 cm³/mol. The van der Waals surface area contributed by atoms with Crippen LogP contribution in [0.15, 0.2) is 41.2 Å². The Kier molecular flexibility index (Phi) is 3.89. The van der Waals surface area contributed by atoms with Gasteiger partial charge in [0.15, 0.2) is 11.5 Å². The van der Waals surface area contributed by atoms with Gasteiger partial charge in [-0.3, -0.25) is 9.69 Å². The highest BCUT2D eigenvalue weighted by molar-refractivity contribution is 5.91. The highest BCUT2D eigenvalue weighted by Crippen LogP contribution is 2.66. The Balaban J connectivity index is 1.32. The average molecular weight is 480 g/mol. The molecule has 1 aromatic carbocycles. The topological polar surface area (TPSA) is 86.4 Å². The summed E-state index contributed by atoms with van der Waals surface area (Å²) in [7, 11) is 0. The molecule has 3 aliphatic carbocycles. The van der Waals surface area contributed by atoms with Crippen LogP contribution in [-0.4, -0.2) is 69.8 Å². The third-order valence-electron chi connectivity index (χ3n) is 9.26. The number of rotatable bonds is 5. The van der Waals surface area contributed by atoms with Crippen LogP contribution in [0, 0.1) is 5.92 Å². The minimum atomic E-state index is -2.72. The molecule has 7 heteroatoms. The number of likely N-dealkylation sites (N-methyl/N-ethyl adjacent to an activating group) is 1.